The number of aromatic nitrogens is 4. The summed E-state index contributed by atoms with van der Waals surface area (Å²) in [7, 11) is 0. The lowest BCUT2D eigenvalue weighted by molar-refractivity contribution is 0.307. The Bertz CT molecular complexity index is 801. The number of benzene rings is 2. The Morgan fingerprint density at radius 2 is 2.09 bits per heavy atom. The molecule has 6 nitrogen and oxygen atoms in total. The van der Waals surface area contributed by atoms with E-state index < -0.39 is 0 Å². The summed E-state index contributed by atoms with van der Waals surface area (Å²) in [5.74, 6) is 1.47. The molecule has 0 fully saturated rings. The molecule has 116 valence electrons. The summed E-state index contributed by atoms with van der Waals surface area (Å²) in [6, 6.07) is 14.6. The fourth-order valence-corrected chi connectivity index (χ4v) is 2.97. The molecule has 6 heteroatoms. The van der Waals surface area contributed by atoms with Crippen LogP contribution in [0.25, 0.3) is 11.4 Å². The summed E-state index contributed by atoms with van der Waals surface area (Å²) in [6.45, 7) is 4.37. The Morgan fingerprint density at radius 1 is 1.22 bits per heavy atom. The van der Waals surface area contributed by atoms with E-state index in [4.69, 9.17) is 4.74 Å². The maximum Gasteiger partial charge on any atom is 0.206 e. The molecular weight excluding hydrogens is 290 g/mol. The zero-order chi connectivity index (χ0) is 15.6. The number of nitrogens with zero attached hydrogens (tertiary/aromatic N) is 4. The number of fused-ring (bicyclic) bond motifs is 1. The van der Waals surface area contributed by atoms with Gasteiger partial charge in [0.25, 0.3) is 0 Å². The molecule has 3 aromatic rings. The lowest BCUT2D eigenvalue weighted by atomic mass is 10.0. The highest BCUT2D eigenvalue weighted by Gasteiger charge is 2.24. The maximum absolute atomic E-state index is 5.88. The van der Waals surface area contributed by atoms with Gasteiger partial charge in [-0.25, -0.2) is 0 Å². The summed E-state index contributed by atoms with van der Waals surface area (Å²) in [5, 5.41) is 14.5. The third-order valence-corrected chi connectivity index (χ3v) is 3.96. The minimum Gasteiger partial charge on any atom is -0.490 e. The van der Waals surface area contributed by atoms with Gasteiger partial charge in [-0.2, -0.15) is 5.21 Å². The predicted molar refractivity (Wildman–Crippen MR) is 87.3 cm³/mol. The average Bonchev–Trinajstić information content (AvgIpc) is 3.09. The van der Waals surface area contributed by atoms with Gasteiger partial charge in [-0.15, -0.1) is 10.2 Å². The van der Waals surface area contributed by atoms with E-state index in [0.29, 0.717) is 12.4 Å². The van der Waals surface area contributed by atoms with Crippen LogP contribution >= 0.6 is 0 Å². The van der Waals surface area contributed by atoms with E-state index in [-0.39, 0.29) is 0 Å². The molecule has 0 saturated carbocycles. The minimum absolute atomic E-state index is 0.591. The van der Waals surface area contributed by atoms with Crippen molar-refractivity contribution in [2.75, 3.05) is 18.1 Å². The zero-order valence-corrected chi connectivity index (χ0v) is 12.9. The average molecular weight is 307 g/mol. The molecule has 0 spiro atoms. The monoisotopic (exact) mass is 307 g/mol. The highest BCUT2D eigenvalue weighted by atomic mass is 16.5. The number of aromatic amines is 1. The summed E-state index contributed by atoms with van der Waals surface area (Å²) in [4.78, 5) is 2.32. The van der Waals surface area contributed by atoms with Crippen molar-refractivity contribution in [1.82, 2.24) is 20.6 Å². The van der Waals surface area contributed by atoms with Gasteiger partial charge in [0.2, 0.25) is 5.82 Å². The number of anilines is 1. The first-order valence-electron chi connectivity index (χ1n) is 7.61. The molecule has 4 rings (SSSR count). The molecule has 1 aromatic heterocycles. The fourth-order valence-electron chi connectivity index (χ4n) is 2.97. The molecule has 0 amide bonds. The van der Waals surface area contributed by atoms with Crippen molar-refractivity contribution in [3.8, 4) is 17.1 Å². The van der Waals surface area contributed by atoms with E-state index in [1.165, 1.54) is 5.56 Å². The Hall–Kier alpha value is -2.89. The normalized spacial score (nSPS) is 13.5. The fraction of sp³-hybridized carbons (Fsp3) is 0.235. The van der Waals surface area contributed by atoms with E-state index in [2.05, 4.69) is 61.9 Å². The molecule has 0 atom stereocenters. The smallest absolute Gasteiger partial charge is 0.206 e. The number of ether oxygens (including phenoxy) is 1. The number of nitrogens with one attached hydrogen (secondary N) is 1. The Kier molecular flexibility index (Phi) is 3.42. The summed E-state index contributed by atoms with van der Waals surface area (Å²) in [5.41, 5.74) is 4.36. The zero-order valence-electron chi connectivity index (χ0n) is 12.9. The minimum atomic E-state index is 0.591. The van der Waals surface area contributed by atoms with Crippen LogP contribution in [0.1, 0.15) is 11.1 Å². The topological polar surface area (TPSA) is 66.9 Å². The first-order valence-corrected chi connectivity index (χ1v) is 7.61. The van der Waals surface area contributed by atoms with Gasteiger partial charge in [0.1, 0.15) is 12.4 Å². The van der Waals surface area contributed by atoms with Crippen LogP contribution in [0.2, 0.25) is 0 Å². The molecule has 0 bridgehead atoms. The van der Waals surface area contributed by atoms with Crippen LogP contribution < -0.4 is 9.64 Å². The van der Waals surface area contributed by atoms with Gasteiger partial charge in [0, 0.05) is 6.54 Å². The number of H-pyrrole nitrogens is 1. The van der Waals surface area contributed by atoms with Gasteiger partial charge >= 0.3 is 0 Å². The van der Waals surface area contributed by atoms with Gasteiger partial charge in [0.05, 0.1) is 17.8 Å². The number of hydrogen-bond acceptors (Lipinski definition) is 5. The molecule has 0 unspecified atom stereocenters. The molecule has 1 N–H and O–H groups in total. The Labute approximate surface area is 134 Å². The quantitative estimate of drug-likeness (QED) is 0.805. The summed E-state index contributed by atoms with van der Waals surface area (Å²) >= 11 is 0. The summed E-state index contributed by atoms with van der Waals surface area (Å²) < 4.78 is 5.88. The van der Waals surface area contributed by atoms with Gasteiger partial charge < -0.3 is 9.64 Å². The molecule has 1 aliphatic rings. The number of tetrazole rings is 1. The van der Waals surface area contributed by atoms with Crippen molar-refractivity contribution in [2.24, 2.45) is 0 Å². The van der Waals surface area contributed by atoms with E-state index in [9.17, 15) is 0 Å². The lowest BCUT2D eigenvalue weighted by Crippen LogP contribution is -2.32. The first-order chi connectivity index (χ1) is 11.3. The SMILES string of the molecule is Cc1cc2c(c(-c3nn[nH]n3)c1)N(Cc1ccccc1)CCO2. The third kappa shape index (κ3) is 2.63. The predicted octanol–water partition coefficient (Wildman–Crippen LogP) is 2.57. The van der Waals surface area contributed by atoms with Crippen molar-refractivity contribution in [3.63, 3.8) is 0 Å². The Balaban J connectivity index is 1.80. The van der Waals surface area contributed by atoms with Crippen LogP contribution in [-0.2, 0) is 6.54 Å². The van der Waals surface area contributed by atoms with E-state index >= 15 is 0 Å². The lowest BCUT2D eigenvalue weighted by Gasteiger charge is -2.33. The number of aryl methyl sites for hydroxylation is 1. The highest BCUT2D eigenvalue weighted by molar-refractivity contribution is 5.81. The molecule has 2 aromatic carbocycles. The Morgan fingerprint density at radius 3 is 2.87 bits per heavy atom. The van der Waals surface area contributed by atoms with Crippen LogP contribution in [0.3, 0.4) is 0 Å². The van der Waals surface area contributed by atoms with Crippen LogP contribution in [-0.4, -0.2) is 33.8 Å². The molecule has 0 saturated heterocycles. The van der Waals surface area contributed by atoms with E-state index in [1.807, 2.05) is 13.0 Å². The van der Waals surface area contributed by atoms with E-state index in [1.54, 1.807) is 0 Å². The van der Waals surface area contributed by atoms with Crippen molar-refractivity contribution in [2.45, 2.75) is 13.5 Å². The van der Waals surface area contributed by atoms with Gasteiger partial charge in [-0.1, -0.05) is 30.3 Å². The van der Waals surface area contributed by atoms with Crippen LogP contribution in [0.5, 0.6) is 5.75 Å². The van der Waals surface area contributed by atoms with Crippen molar-refractivity contribution in [1.29, 1.82) is 0 Å². The van der Waals surface area contributed by atoms with Gasteiger partial charge in [-0.05, 0) is 35.4 Å². The second-order valence-corrected chi connectivity index (χ2v) is 5.65. The molecule has 0 radical (unpaired) electrons. The molecule has 0 aliphatic carbocycles. The van der Waals surface area contributed by atoms with Crippen molar-refractivity contribution < 1.29 is 4.74 Å². The highest BCUT2D eigenvalue weighted by Crippen LogP contribution is 2.41. The molecule has 1 aliphatic heterocycles. The van der Waals surface area contributed by atoms with Crippen molar-refractivity contribution >= 4 is 5.69 Å². The van der Waals surface area contributed by atoms with Gasteiger partial charge in [-0.3, -0.25) is 0 Å². The third-order valence-electron chi connectivity index (χ3n) is 3.96. The number of hydrogen-bond donors (Lipinski definition) is 1. The number of rotatable bonds is 3. The van der Waals surface area contributed by atoms with Crippen LogP contribution in [0, 0.1) is 6.92 Å². The molecule has 2 heterocycles. The second-order valence-electron chi connectivity index (χ2n) is 5.65. The molecular formula is C17H17N5O. The largest absolute Gasteiger partial charge is 0.490 e. The van der Waals surface area contributed by atoms with Gasteiger partial charge in [0.15, 0.2) is 0 Å². The van der Waals surface area contributed by atoms with E-state index in [0.717, 1.165) is 35.7 Å². The molecule has 23 heavy (non-hydrogen) atoms. The second kappa shape index (κ2) is 5.72. The summed E-state index contributed by atoms with van der Waals surface area (Å²) in [6.07, 6.45) is 0. The standard InChI is InChI=1S/C17H17N5O/c1-12-9-14(17-18-20-21-19-17)16-15(10-12)23-8-7-22(16)11-13-5-3-2-4-6-13/h2-6,9-10H,7-8,11H2,1H3,(H,18,19,20,21). The van der Waals surface area contributed by atoms with Crippen LogP contribution in [0.4, 0.5) is 5.69 Å². The maximum atomic E-state index is 5.88. The van der Waals surface area contributed by atoms with Crippen molar-refractivity contribution in [3.05, 3.63) is 53.6 Å². The van der Waals surface area contributed by atoms with Crippen LogP contribution in [0.15, 0.2) is 42.5 Å². The first kappa shape index (κ1) is 13.8.